The molecule has 1 aromatic carbocycles. The third-order valence-corrected chi connectivity index (χ3v) is 3.35. The number of nitrogens with zero attached hydrogens (tertiary/aromatic N) is 1. The summed E-state index contributed by atoms with van der Waals surface area (Å²) in [5.41, 5.74) is 1.01. The molecule has 4 heteroatoms. The second-order valence-corrected chi connectivity index (χ2v) is 5.39. The van der Waals surface area contributed by atoms with Crippen LogP contribution in [-0.2, 0) is 9.59 Å². The topological polar surface area (TPSA) is 57.6 Å². The zero-order chi connectivity index (χ0) is 15.1. The van der Waals surface area contributed by atoms with E-state index in [9.17, 15) is 9.59 Å². The average Bonchev–Trinajstić information content (AvgIpc) is 2.39. The van der Waals surface area contributed by atoms with Crippen LogP contribution in [0.3, 0.4) is 0 Å². The molecule has 0 saturated carbocycles. The van der Waals surface area contributed by atoms with Gasteiger partial charge in [-0.05, 0) is 17.9 Å². The van der Waals surface area contributed by atoms with E-state index in [1.807, 2.05) is 44.2 Å². The first-order valence-corrected chi connectivity index (χ1v) is 6.95. The number of carbonyl (C=O) groups is 2. The summed E-state index contributed by atoms with van der Waals surface area (Å²) in [6, 6.07) is 9.73. The maximum Gasteiger partial charge on any atom is 0.303 e. The van der Waals surface area contributed by atoms with Crippen LogP contribution in [0.15, 0.2) is 30.3 Å². The fourth-order valence-electron chi connectivity index (χ4n) is 2.29. The van der Waals surface area contributed by atoms with E-state index < -0.39 is 5.97 Å². The predicted molar refractivity (Wildman–Crippen MR) is 78.5 cm³/mol. The third-order valence-electron chi connectivity index (χ3n) is 3.35. The predicted octanol–water partition coefficient (Wildman–Crippen LogP) is 2.75. The van der Waals surface area contributed by atoms with Crippen LogP contribution < -0.4 is 0 Å². The molecule has 1 atom stereocenters. The third kappa shape index (κ3) is 4.68. The largest absolute Gasteiger partial charge is 0.481 e. The molecule has 0 aliphatic carbocycles. The van der Waals surface area contributed by atoms with Crippen LogP contribution in [-0.4, -0.2) is 35.5 Å². The van der Waals surface area contributed by atoms with Crippen molar-refractivity contribution < 1.29 is 14.7 Å². The van der Waals surface area contributed by atoms with E-state index in [0.717, 1.165) is 5.56 Å². The van der Waals surface area contributed by atoms with Gasteiger partial charge in [-0.25, -0.2) is 0 Å². The number of carboxylic acids is 1. The molecule has 0 spiro atoms. The van der Waals surface area contributed by atoms with Crippen molar-refractivity contribution in [1.29, 1.82) is 0 Å². The van der Waals surface area contributed by atoms with Gasteiger partial charge in [0.2, 0.25) is 5.91 Å². The molecule has 0 aliphatic rings. The minimum Gasteiger partial charge on any atom is -0.481 e. The van der Waals surface area contributed by atoms with Crippen LogP contribution in [0.1, 0.15) is 38.2 Å². The number of rotatable bonds is 7. The molecule has 1 rings (SSSR count). The smallest absolute Gasteiger partial charge is 0.303 e. The molecule has 0 aliphatic heterocycles. The number of carbonyl (C=O) groups excluding carboxylic acids is 1. The number of likely N-dealkylation sites (N-methyl/N-ethyl adjacent to an activating group) is 1. The van der Waals surface area contributed by atoms with Crippen molar-refractivity contribution in [2.75, 3.05) is 13.6 Å². The van der Waals surface area contributed by atoms with E-state index in [-0.39, 0.29) is 24.2 Å². The molecular weight excluding hydrogens is 254 g/mol. The Morgan fingerprint density at radius 3 is 2.30 bits per heavy atom. The first-order chi connectivity index (χ1) is 9.43. The second-order valence-electron chi connectivity index (χ2n) is 5.39. The molecule has 1 unspecified atom stereocenters. The Morgan fingerprint density at radius 1 is 1.20 bits per heavy atom. The average molecular weight is 277 g/mol. The summed E-state index contributed by atoms with van der Waals surface area (Å²) in [5.74, 6) is -0.747. The van der Waals surface area contributed by atoms with Gasteiger partial charge in [0, 0.05) is 20.0 Å². The Morgan fingerprint density at radius 2 is 1.80 bits per heavy atom. The minimum atomic E-state index is -0.825. The Kier molecular flexibility index (Phi) is 6.22. The molecule has 0 heterocycles. The fraction of sp³-hybridized carbons (Fsp3) is 0.500. The molecular formula is C16H23NO3. The van der Waals surface area contributed by atoms with Gasteiger partial charge in [-0.3, -0.25) is 9.59 Å². The second kappa shape index (κ2) is 7.68. The molecule has 4 nitrogen and oxygen atoms in total. The van der Waals surface area contributed by atoms with Crippen molar-refractivity contribution in [3.63, 3.8) is 0 Å². The highest BCUT2D eigenvalue weighted by atomic mass is 16.4. The van der Waals surface area contributed by atoms with Crippen molar-refractivity contribution >= 4 is 11.9 Å². The highest BCUT2D eigenvalue weighted by Gasteiger charge is 2.26. The van der Waals surface area contributed by atoms with Gasteiger partial charge in [-0.1, -0.05) is 44.2 Å². The van der Waals surface area contributed by atoms with Crippen LogP contribution in [0.4, 0.5) is 0 Å². The molecule has 0 radical (unpaired) electrons. The Labute approximate surface area is 120 Å². The van der Waals surface area contributed by atoms with Gasteiger partial charge in [-0.15, -0.1) is 0 Å². The lowest BCUT2D eigenvalue weighted by Gasteiger charge is -2.26. The van der Waals surface area contributed by atoms with Crippen LogP contribution in [0.25, 0.3) is 0 Å². The summed E-state index contributed by atoms with van der Waals surface area (Å²) in [4.78, 5) is 24.7. The van der Waals surface area contributed by atoms with Gasteiger partial charge in [-0.2, -0.15) is 0 Å². The zero-order valence-electron chi connectivity index (χ0n) is 12.4. The molecule has 0 bridgehead atoms. The van der Waals surface area contributed by atoms with Crippen molar-refractivity contribution in [3.05, 3.63) is 35.9 Å². The lowest BCUT2D eigenvalue weighted by molar-refractivity contribution is -0.138. The van der Waals surface area contributed by atoms with Gasteiger partial charge < -0.3 is 10.0 Å². The number of aliphatic carboxylic acids is 1. The number of carboxylic acid groups (broad SMARTS) is 1. The van der Waals surface area contributed by atoms with Gasteiger partial charge in [0.1, 0.15) is 0 Å². The number of amides is 1. The monoisotopic (exact) mass is 277 g/mol. The highest BCUT2D eigenvalue weighted by Crippen LogP contribution is 2.26. The minimum absolute atomic E-state index is 0.0524. The summed E-state index contributed by atoms with van der Waals surface area (Å²) in [7, 11) is 1.74. The maximum atomic E-state index is 12.5. The fourth-order valence-corrected chi connectivity index (χ4v) is 2.29. The molecule has 1 amide bonds. The summed E-state index contributed by atoms with van der Waals surface area (Å²) in [6.45, 7) is 4.53. The van der Waals surface area contributed by atoms with Crippen LogP contribution in [0, 0.1) is 5.92 Å². The van der Waals surface area contributed by atoms with Gasteiger partial charge in [0.25, 0.3) is 0 Å². The summed E-state index contributed by atoms with van der Waals surface area (Å²) < 4.78 is 0. The summed E-state index contributed by atoms with van der Waals surface area (Å²) in [6.07, 6.45) is 0.576. The zero-order valence-corrected chi connectivity index (χ0v) is 12.4. The SMILES string of the molecule is CC(C)C(C(=O)N(C)CCCC(=O)O)c1ccccc1. The van der Waals surface area contributed by atoms with E-state index in [1.165, 1.54) is 0 Å². The summed E-state index contributed by atoms with van der Waals surface area (Å²) >= 11 is 0. The standard InChI is InChI=1S/C16H23NO3/c1-12(2)15(13-8-5-4-6-9-13)16(20)17(3)11-7-10-14(18)19/h4-6,8-9,12,15H,7,10-11H2,1-3H3,(H,18,19). The first kappa shape index (κ1) is 16.2. The normalized spacial score (nSPS) is 12.2. The first-order valence-electron chi connectivity index (χ1n) is 6.95. The van der Waals surface area contributed by atoms with Crippen molar-refractivity contribution in [2.45, 2.75) is 32.6 Å². The molecule has 0 saturated heterocycles. The Balaban J connectivity index is 2.72. The maximum absolute atomic E-state index is 12.5. The van der Waals surface area contributed by atoms with Gasteiger partial charge >= 0.3 is 5.97 Å². The molecule has 0 fully saturated rings. The molecule has 1 N–H and O–H groups in total. The Bertz CT molecular complexity index is 442. The van der Waals surface area contributed by atoms with E-state index >= 15 is 0 Å². The van der Waals surface area contributed by atoms with E-state index in [1.54, 1.807) is 11.9 Å². The van der Waals surface area contributed by atoms with Crippen LogP contribution in [0.5, 0.6) is 0 Å². The van der Waals surface area contributed by atoms with Crippen LogP contribution >= 0.6 is 0 Å². The summed E-state index contributed by atoms with van der Waals surface area (Å²) in [5, 5.41) is 8.64. The van der Waals surface area contributed by atoms with Crippen LogP contribution in [0.2, 0.25) is 0 Å². The molecule has 20 heavy (non-hydrogen) atoms. The molecule has 110 valence electrons. The van der Waals surface area contributed by atoms with E-state index in [0.29, 0.717) is 13.0 Å². The van der Waals surface area contributed by atoms with E-state index in [2.05, 4.69) is 0 Å². The van der Waals surface area contributed by atoms with Gasteiger partial charge in [0.05, 0.1) is 5.92 Å². The van der Waals surface area contributed by atoms with Crippen molar-refractivity contribution in [3.8, 4) is 0 Å². The molecule has 1 aromatic rings. The number of benzene rings is 1. The number of hydrogen-bond donors (Lipinski definition) is 1. The lowest BCUT2D eigenvalue weighted by atomic mass is 9.87. The van der Waals surface area contributed by atoms with E-state index in [4.69, 9.17) is 5.11 Å². The Hall–Kier alpha value is -1.84. The van der Waals surface area contributed by atoms with Crippen molar-refractivity contribution in [2.24, 2.45) is 5.92 Å². The number of hydrogen-bond acceptors (Lipinski definition) is 2. The highest BCUT2D eigenvalue weighted by molar-refractivity contribution is 5.83. The lowest BCUT2D eigenvalue weighted by Crippen LogP contribution is -2.34. The van der Waals surface area contributed by atoms with Gasteiger partial charge in [0.15, 0.2) is 0 Å². The van der Waals surface area contributed by atoms with Crippen molar-refractivity contribution in [1.82, 2.24) is 4.90 Å². The molecule has 0 aromatic heterocycles. The quantitative estimate of drug-likeness (QED) is 0.833.